The molecule has 0 amide bonds. The molecule has 1 aliphatic heterocycles. The van der Waals surface area contributed by atoms with Crippen LogP contribution in [0.1, 0.15) is 24.5 Å². The van der Waals surface area contributed by atoms with Gasteiger partial charge in [0, 0.05) is 47.9 Å². The molecule has 1 saturated heterocycles. The number of morpholine rings is 1. The summed E-state index contributed by atoms with van der Waals surface area (Å²) in [5.74, 6) is 3.73. The second-order valence-electron chi connectivity index (χ2n) is 8.03. The third-order valence-corrected chi connectivity index (χ3v) is 5.81. The molecule has 1 saturated carbocycles. The molecular formula is C23H23N7O. The Balaban J connectivity index is 1.33. The minimum absolute atomic E-state index is 0.622. The molecule has 1 aromatic carbocycles. The third kappa shape index (κ3) is 3.70. The number of pyridine rings is 1. The molecule has 8 nitrogen and oxygen atoms in total. The first-order valence-corrected chi connectivity index (χ1v) is 10.7. The van der Waals surface area contributed by atoms with E-state index in [1.807, 2.05) is 42.6 Å². The van der Waals surface area contributed by atoms with Crippen LogP contribution >= 0.6 is 0 Å². The maximum Gasteiger partial charge on any atom is 0.163 e. The molecule has 0 unspecified atom stereocenters. The van der Waals surface area contributed by atoms with Crippen molar-refractivity contribution in [2.24, 2.45) is 0 Å². The van der Waals surface area contributed by atoms with Gasteiger partial charge in [-0.1, -0.05) is 12.1 Å². The largest absolute Gasteiger partial charge is 0.378 e. The first-order chi connectivity index (χ1) is 15.3. The maximum absolute atomic E-state index is 5.43. The highest BCUT2D eigenvalue weighted by atomic mass is 16.5. The van der Waals surface area contributed by atoms with Crippen molar-refractivity contribution in [3.05, 3.63) is 54.4 Å². The van der Waals surface area contributed by atoms with Crippen LogP contribution in [0.25, 0.3) is 22.3 Å². The summed E-state index contributed by atoms with van der Waals surface area (Å²) in [6.45, 7) is 3.20. The van der Waals surface area contributed by atoms with Crippen LogP contribution in [0.4, 0.5) is 17.5 Å². The summed E-state index contributed by atoms with van der Waals surface area (Å²) in [7, 11) is 0. The number of fused-ring (bicyclic) bond motifs is 1. The van der Waals surface area contributed by atoms with E-state index in [-0.39, 0.29) is 0 Å². The summed E-state index contributed by atoms with van der Waals surface area (Å²) in [6.07, 6.45) is 4.31. The van der Waals surface area contributed by atoms with Crippen molar-refractivity contribution in [3.8, 4) is 11.4 Å². The van der Waals surface area contributed by atoms with Gasteiger partial charge in [-0.3, -0.25) is 5.10 Å². The number of hydrogen-bond donors (Lipinski definition) is 2. The molecular weight excluding hydrogens is 390 g/mol. The first-order valence-electron chi connectivity index (χ1n) is 10.7. The Bertz CT molecular complexity index is 1210. The molecule has 4 aromatic rings. The van der Waals surface area contributed by atoms with Gasteiger partial charge in [0.1, 0.15) is 11.6 Å². The Morgan fingerprint density at radius 3 is 2.71 bits per heavy atom. The SMILES string of the molecule is c1ccc2c(Nc3cc(C4CC4)[nH]n3)nc(-c3ccc(N4CCOCC4)nc3)nc2c1. The third-order valence-electron chi connectivity index (χ3n) is 5.81. The van der Waals surface area contributed by atoms with Gasteiger partial charge in [0.05, 0.1) is 18.7 Å². The monoisotopic (exact) mass is 413 g/mol. The number of rotatable bonds is 5. The van der Waals surface area contributed by atoms with Gasteiger partial charge in [-0.05, 0) is 37.1 Å². The van der Waals surface area contributed by atoms with E-state index in [1.165, 1.54) is 18.5 Å². The van der Waals surface area contributed by atoms with E-state index in [1.54, 1.807) is 0 Å². The van der Waals surface area contributed by atoms with Gasteiger partial charge in [0.15, 0.2) is 11.6 Å². The Labute approximate surface area is 179 Å². The predicted octanol–water partition coefficient (Wildman–Crippen LogP) is 3.87. The number of anilines is 3. The summed E-state index contributed by atoms with van der Waals surface area (Å²) in [6, 6.07) is 14.1. The van der Waals surface area contributed by atoms with Gasteiger partial charge in [0.25, 0.3) is 0 Å². The van der Waals surface area contributed by atoms with Gasteiger partial charge in [0.2, 0.25) is 0 Å². The van der Waals surface area contributed by atoms with E-state index in [0.29, 0.717) is 11.7 Å². The van der Waals surface area contributed by atoms with Crippen LogP contribution in [-0.4, -0.2) is 51.5 Å². The minimum atomic E-state index is 0.622. The quantitative estimate of drug-likeness (QED) is 0.513. The van der Waals surface area contributed by atoms with E-state index < -0.39 is 0 Å². The zero-order valence-electron chi connectivity index (χ0n) is 17.1. The summed E-state index contributed by atoms with van der Waals surface area (Å²) in [4.78, 5) is 16.5. The molecule has 2 aliphatic rings. The Kier molecular flexibility index (Phi) is 4.49. The van der Waals surface area contributed by atoms with E-state index in [2.05, 4.69) is 31.5 Å². The topological polar surface area (TPSA) is 91.9 Å². The number of ether oxygens (including phenoxy) is 1. The van der Waals surface area contributed by atoms with Crippen LogP contribution < -0.4 is 10.2 Å². The van der Waals surface area contributed by atoms with Crippen molar-refractivity contribution in [1.29, 1.82) is 0 Å². The number of nitrogens with zero attached hydrogens (tertiary/aromatic N) is 5. The lowest BCUT2D eigenvalue weighted by Crippen LogP contribution is -2.36. The standard InChI is InChI=1S/C23H23N7O/c1-2-4-18-17(3-1)23(26-20-13-19(28-29-20)15-5-6-15)27-22(25-18)16-7-8-21(24-14-16)30-9-11-31-12-10-30/h1-4,7-8,13-15H,5-6,9-12H2,(H2,25,26,27,28,29). The van der Waals surface area contributed by atoms with Gasteiger partial charge >= 0.3 is 0 Å². The van der Waals surface area contributed by atoms with Gasteiger partial charge in [-0.25, -0.2) is 15.0 Å². The molecule has 0 spiro atoms. The number of nitrogens with one attached hydrogen (secondary N) is 2. The smallest absolute Gasteiger partial charge is 0.163 e. The highest BCUT2D eigenvalue weighted by Gasteiger charge is 2.25. The fourth-order valence-electron chi connectivity index (χ4n) is 3.92. The lowest BCUT2D eigenvalue weighted by atomic mass is 10.2. The number of hydrogen-bond acceptors (Lipinski definition) is 7. The van der Waals surface area contributed by atoms with E-state index in [0.717, 1.165) is 60.2 Å². The van der Waals surface area contributed by atoms with Crippen LogP contribution in [-0.2, 0) is 4.74 Å². The number of para-hydroxylation sites is 1. The van der Waals surface area contributed by atoms with Gasteiger partial charge < -0.3 is 15.0 Å². The average Bonchev–Trinajstić information content (AvgIpc) is 3.58. The van der Waals surface area contributed by atoms with Crippen molar-refractivity contribution >= 4 is 28.4 Å². The van der Waals surface area contributed by atoms with Crippen molar-refractivity contribution in [2.45, 2.75) is 18.8 Å². The zero-order chi connectivity index (χ0) is 20.6. The average molecular weight is 413 g/mol. The van der Waals surface area contributed by atoms with Crippen LogP contribution in [0, 0.1) is 0 Å². The Hall–Kier alpha value is -3.52. The van der Waals surface area contributed by atoms with E-state index in [4.69, 9.17) is 14.7 Å². The lowest BCUT2D eigenvalue weighted by molar-refractivity contribution is 0.122. The lowest BCUT2D eigenvalue weighted by Gasteiger charge is -2.27. The van der Waals surface area contributed by atoms with Crippen LogP contribution in [0.2, 0.25) is 0 Å². The summed E-state index contributed by atoms with van der Waals surface area (Å²) >= 11 is 0. The summed E-state index contributed by atoms with van der Waals surface area (Å²) in [5.41, 5.74) is 2.95. The fourth-order valence-corrected chi connectivity index (χ4v) is 3.92. The van der Waals surface area contributed by atoms with Crippen molar-refractivity contribution in [3.63, 3.8) is 0 Å². The number of H-pyrrole nitrogens is 1. The molecule has 6 rings (SSSR count). The number of aromatic amines is 1. The van der Waals surface area contributed by atoms with Crippen molar-refractivity contribution < 1.29 is 4.74 Å². The molecule has 156 valence electrons. The Morgan fingerprint density at radius 2 is 1.90 bits per heavy atom. The van der Waals surface area contributed by atoms with Crippen molar-refractivity contribution in [2.75, 3.05) is 36.5 Å². The van der Waals surface area contributed by atoms with E-state index in [9.17, 15) is 0 Å². The molecule has 31 heavy (non-hydrogen) atoms. The van der Waals surface area contributed by atoms with E-state index >= 15 is 0 Å². The maximum atomic E-state index is 5.43. The Morgan fingerprint density at radius 1 is 1.03 bits per heavy atom. The molecule has 8 heteroatoms. The number of aromatic nitrogens is 5. The first kappa shape index (κ1) is 18.3. The van der Waals surface area contributed by atoms with Gasteiger partial charge in [-0.2, -0.15) is 5.10 Å². The van der Waals surface area contributed by atoms with Gasteiger partial charge in [-0.15, -0.1) is 0 Å². The van der Waals surface area contributed by atoms with Crippen LogP contribution in [0.5, 0.6) is 0 Å². The molecule has 4 heterocycles. The van der Waals surface area contributed by atoms with Crippen LogP contribution in [0.15, 0.2) is 48.7 Å². The van der Waals surface area contributed by atoms with Crippen molar-refractivity contribution in [1.82, 2.24) is 25.1 Å². The molecule has 0 radical (unpaired) electrons. The molecule has 0 atom stereocenters. The molecule has 1 aliphatic carbocycles. The van der Waals surface area contributed by atoms with Crippen LogP contribution in [0.3, 0.4) is 0 Å². The second kappa shape index (κ2) is 7.63. The fraction of sp³-hybridized carbons (Fsp3) is 0.304. The zero-order valence-corrected chi connectivity index (χ0v) is 17.1. The molecule has 2 fully saturated rings. The summed E-state index contributed by atoms with van der Waals surface area (Å²) < 4.78 is 5.43. The molecule has 3 aromatic heterocycles. The summed E-state index contributed by atoms with van der Waals surface area (Å²) in [5, 5.41) is 11.9. The second-order valence-corrected chi connectivity index (χ2v) is 8.03. The molecule has 2 N–H and O–H groups in total. The minimum Gasteiger partial charge on any atom is -0.378 e. The highest BCUT2D eigenvalue weighted by Crippen LogP contribution is 2.40. The number of benzene rings is 1. The highest BCUT2D eigenvalue weighted by molar-refractivity contribution is 5.92. The molecule has 0 bridgehead atoms. The normalized spacial score (nSPS) is 16.6. The predicted molar refractivity (Wildman–Crippen MR) is 120 cm³/mol.